The van der Waals surface area contributed by atoms with Gasteiger partial charge in [0.25, 0.3) is 5.56 Å². The maximum Gasteiger partial charge on any atom is 0.303 e. The van der Waals surface area contributed by atoms with Crippen LogP contribution in [0.3, 0.4) is 0 Å². The lowest BCUT2D eigenvalue weighted by Gasteiger charge is -2.29. The van der Waals surface area contributed by atoms with Crippen LogP contribution in [0.4, 0.5) is 17.5 Å². The van der Waals surface area contributed by atoms with Crippen molar-refractivity contribution in [2.24, 2.45) is 0 Å². The largest absolute Gasteiger partial charge is 0.463 e. The van der Waals surface area contributed by atoms with Crippen molar-refractivity contribution in [3.63, 3.8) is 0 Å². The van der Waals surface area contributed by atoms with Gasteiger partial charge in [0.15, 0.2) is 24.3 Å². The highest BCUT2D eigenvalue weighted by Crippen LogP contribution is 2.36. The summed E-state index contributed by atoms with van der Waals surface area (Å²) in [6, 6.07) is 0. The summed E-state index contributed by atoms with van der Waals surface area (Å²) in [5, 5.41) is 2.87. The van der Waals surface area contributed by atoms with Gasteiger partial charge in [-0.2, -0.15) is 4.98 Å². The minimum Gasteiger partial charge on any atom is -0.463 e. The first-order chi connectivity index (χ1) is 13.7. The van der Waals surface area contributed by atoms with E-state index in [1.165, 1.54) is 25.7 Å². The van der Waals surface area contributed by atoms with E-state index in [0.29, 0.717) is 0 Å². The minimum atomic E-state index is -1.08. The molecule has 0 saturated carbocycles. The molecule has 4 N–H and O–H groups in total. The number of carbonyl (C=O) groups is 3. The fourth-order valence-corrected chi connectivity index (χ4v) is 3.24. The zero-order valence-electron chi connectivity index (χ0n) is 16.0. The summed E-state index contributed by atoms with van der Waals surface area (Å²) in [5.41, 5.74) is 5.32. The van der Waals surface area contributed by atoms with Crippen molar-refractivity contribution in [1.82, 2.24) is 9.97 Å². The Labute approximate surface area is 164 Å². The van der Waals surface area contributed by atoms with Crippen LogP contribution >= 0.6 is 0 Å². The molecule has 0 amide bonds. The Balaban J connectivity index is 1.96. The zero-order valence-corrected chi connectivity index (χ0v) is 16.0. The second kappa shape index (κ2) is 7.95. The molecule has 2 aliphatic rings. The van der Waals surface area contributed by atoms with E-state index in [4.69, 9.17) is 24.7 Å². The molecule has 3 rings (SSSR count). The van der Waals surface area contributed by atoms with Crippen LogP contribution in [-0.2, 0) is 33.3 Å². The first-order valence-electron chi connectivity index (χ1n) is 8.71. The van der Waals surface area contributed by atoms with Gasteiger partial charge in [-0.25, -0.2) is 0 Å². The third-order valence-electron chi connectivity index (χ3n) is 4.26. The Hall–Kier alpha value is -3.35. The van der Waals surface area contributed by atoms with Crippen LogP contribution in [0.25, 0.3) is 0 Å². The smallest absolute Gasteiger partial charge is 0.303 e. The second-order valence-corrected chi connectivity index (χ2v) is 6.47. The molecule has 0 radical (unpaired) electrons. The van der Waals surface area contributed by atoms with Crippen LogP contribution in [0.2, 0.25) is 0 Å². The van der Waals surface area contributed by atoms with Crippen molar-refractivity contribution >= 4 is 35.4 Å². The second-order valence-electron chi connectivity index (χ2n) is 6.47. The van der Waals surface area contributed by atoms with Gasteiger partial charge in [-0.1, -0.05) is 0 Å². The maximum atomic E-state index is 12.1. The Morgan fingerprint density at radius 3 is 2.45 bits per heavy atom. The maximum absolute atomic E-state index is 12.1. The van der Waals surface area contributed by atoms with Crippen molar-refractivity contribution in [3.05, 3.63) is 10.4 Å². The number of esters is 3. The van der Waals surface area contributed by atoms with Crippen molar-refractivity contribution in [2.45, 2.75) is 45.3 Å². The lowest BCUT2D eigenvalue weighted by Crippen LogP contribution is -2.47. The van der Waals surface area contributed by atoms with Crippen LogP contribution in [-0.4, -0.2) is 65.7 Å². The van der Waals surface area contributed by atoms with E-state index in [-0.39, 0.29) is 30.7 Å². The molecule has 0 aromatic carbocycles. The average molecular weight is 411 g/mol. The van der Waals surface area contributed by atoms with Crippen molar-refractivity contribution in [2.75, 3.05) is 29.2 Å². The van der Waals surface area contributed by atoms with E-state index in [1.807, 2.05) is 0 Å². The predicted octanol–water partition coefficient (Wildman–Crippen LogP) is -1.31. The standard InChI is InChI=1S/C16H21N5O8/c1-6(22)26-4-9-11(27-7(2)23)12(28-8(3)24)15(29-9)21-5-18-10-13(21)19-16(17)20-14(10)25/h9,11-12,15,18H,4-5H2,1-3H3,(H3,17,19,20,25)/t9-,11-,12-,15-/m1/s1. The molecule has 0 spiro atoms. The van der Waals surface area contributed by atoms with Gasteiger partial charge < -0.3 is 34.9 Å². The molecule has 158 valence electrons. The lowest BCUT2D eigenvalue weighted by molar-refractivity contribution is -0.165. The summed E-state index contributed by atoms with van der Waals surface area (Å²) in [6.45, 7) is 3.45. The SMILES string of the molecule is CC(=O)OC[C@H]1O[C@@H](N2CNc3c2nc(N)[nH]c3=O)[C@H](OC(C)=O)[C@@H]1OC(C)=O. The number of carbonyl (C=O) groups excluding carboxylic acids is 3. The number of aromatic amines is 1. The van der Waals surface area contributed by atoms with Gasteiger partial charge in [0.05, 0.1) is 6.67 Å². The van der Waals surface area contributed by atoms with E-state index in [1.54, 1.807) is 0 Å². The summed E-state index contributed by atoms with van der Waals surface area (Å²) >= 11 is 0. The van der Waals surface area contributed by atoms with Gasteiger partial charge in [-0.05, 0) is 0 Å². The highest BCUT2D eigenvalue weighted by Gasteiger charge is 2.53. The topological polar surface area (TPSA) is 175 Å². The monoisotopic (exact) mass is 411 g/mol. The van der Waals surface area contributed by atoms with Crippen LogP contribution < -0.4 is 21.5 Å². The number of rotatable bonds is 5. The molecule has 2 aliphatic heterocycles. The van der Waals surface area contributed by atoms with Gasteiger partial charge in [0.1, 0.15) is 18.4 Å². The normalized spacial score (nSPS) is 25.1. The van der Waals surface area contributed by atoms with Gasteiger partial charge in [0.2, 0.25) is 5.95 Å². The highest BCUT2D eigenvalue weighted by molar-refractivity contribution is 5.72. The van der Waals surface area contributed by atoms with Gasteiger partial charge in [0, 0.05) is 20.8 Å². The first-order valence-corrected chi connectivity index (χ1v) is 8.71. The summed E-state index contributed by atoms with van der Waals surface area (Å²) in [5.74, 6) is -1.76. The quantitative estimate of drug-likeness (QED) is 0.386. The Kier molecular flexibility index (Phi) is 5.59. The lowest BCUT2D eigenvalue weighted by atomic mass is 10.1. The van der Waals surface area contributed by atoms with Gasteiger partial charge in [-0.3, -0.25) is 24.2 Å². The van der Waals surface area contributed by atoms with Crippen LogP contribution in [0, 0.1) is 0 Å². The number of aromatic nitrogens is 2. The molecule has 29 heavy (non-hydrogen) atoms. The van der Waals surface area contributed by atoms with E-state index in [2.05, 4.69) is 15.3 Å². The Morgan fingerprint density at radius 2 is 1.83 bits per heavy atom. The number of ether oxygens (including phenoxy) is 4. The fourth-order valence-electron chi connectivity index (χ4n) is 3.24. The van der Waals surface area contributed by atoms with Crippen LogP contribution in [0.5, 0.6) is 0 Å². The molecule has 4 atom stereocenters. The molecule has 13 heteroatoms. The number of fused-ring (bicyclic) bond motifs is 1. The van der Waals surface area contributed by atoms with E-state index in [9.17, 15) is 19.2 Å². The number of nitrogens with zero attached hydrogens (tertiary/aromatic N) is 2. The van der Waals surface area contributed by atoms with Gasteiger partial charge in [-0.15, -0.1) is 0 Å². The van der Waals surface area contributed by atoms with Crippen LogP contribution in [0.15, 0.2) is 4.79 Å². The molecule has 1 aromatic heterocycles. The minimum absolute atomic E-state index is 0.0877. The number of anilines is 3. The molecule has 0 bridgehead atoms. The van der Waals surface area contributed by atoms with E-state index >= 15 is 0 Å². The molecule has 0 unspecified atom stereocenters. The number of nitrogens with one attached hydrogen (secondary N) is 2. The average Bonchev–Trinajstić information content (AvgIpc) is 3.15. The molecule has 1 fully saturated rings. The first kappa shape index (κ1) is 20.4. The van der Waals surface area contributed by atoms with E-state index < -0.39 is 48.0 Å². The van der Waals surface area contributed by atoms with Crippen LogP contribution in [0.1, 0.15) is 20.8 Å². The number of H-pyrrole nitrogens is 1. The van der Waals surface area contributed by atoms with Crippen molar-refractivity contribution in [3.8, 4) is 0 Å². The summed E-state index contributed by atoms with van der Waals surface area (Å²) < 4.78 is 21.6. The summed E-state index contributed by atoms with van der Waals surface area (Å²) in [7, 11) is 0. The van der Waals surface area contributed by atoms with Crippen molar-refractivity contribution in [1.29, 1.82) is 0 Å². The molecular weight excluding hydrogens is 390 g/mol. The molecule has 13 nitrogen and oxygen atoms in total. The Bertz CT molecular complexity index is 887. The number of nitrogens with two attached hydrogens (primary N) is 1. The molecule has 1 aromatic rings. The fraction of sp³-hybridized carbons (Fsp3) is 0.562. The number of hydrogen-bond acceptors (Lipinski definition) is 12. The Morgan fingerprint density at radius 1 is 1.17 bits per heavy atom. The predicted molar refractivity (Wildman–Crippen MR) is 96.6 cm³/mol. The van der Waals surface area contributed by atoms with Crippen molar-refractivity contribution < 1.29 is 33.3 Å². The molecule has 0 aliphatic carbocycles. The third kappa shape index (κ3) is 4.23. The summed E-state index contributed by atoms with van der Waals surface area (Å²) in [6.07, 6.45) is -4.04. The van der Waals surface area contributed by atoms with E-state index in [0.717, 1.165) is 0 Å². The summed E-state index contributed by atoms with van der Waals surface area (Å²) in [4.78, 5) is 54.6. The third-order valence-corrected chi connectivity index (χ3v) is 4.26. The zero-order chi connectivity index (χ0) is 21.3. The van der Waals surface area contributed by atoms with Gasteiger partial charge >= 0.3 is 17.9 Å². The number of nitrogen functional groups attached to an aromatic ring is 1. The molecule has 1 saturated heterocycles. The molecule has 3 heterocycles. The molecular formula is C16H21N5O8. The highest BCUT2D eigenvalue weighted by atomic mass is 16.7. The number of hydrogen-bond donors (Lipinski definition) is 3.